The van der Waals surface area contributed by atoms with E-state index >= 15 is 0 Å². The third-order valence-corrected chi connectivity index (χ3v) is 2.84. The summed E-state index contributed by atoms with van der Waals surface area (Å²) in [6.07, 6.45) is -4.41. The summed E-state index contributed by atoms with van der Waals surface area (Å²) in [7, 11) is 0. The lowest BCUT2D eigenvalue weighted by molar-refractivity contribution is -0.208. The molecular weight excluding hydrogens is 255 g/mol. The third-order valence-electron chi connectivity index (χ3n) is 2.84. The van der Waals surface area contributed by atoms with Crippen molar-refractivity contribution < 1.29 is 32.6 Å². The molecule has 2 atom stereocenters. The molecule has 0 radical (unpaired) electrons. The fourth-order valence-electron chi connectivity index (χ4n) is 1.52. The maximum Gasteiger partial charge on any atom is 0.422 e. The summed E-state index contributed by atoms with van der Waals surface area (Å²) in [5.41, 5.74) is -3.30. The Morgan fingerprint density at radius 1 is 1.33 bits per heavy atom. The van der Waals surface area contributed by atoms with Crippen LogP contribution in [0.2, 0.25) is 0 Å². The molecule has 1 aliphatic heterocycles. The highest BCUT2D eigenvalue weighted by atomic mass is 19.4. The Bertz CT molecular complexity index is 339. The van der Waals surface area contributed by atoms with Crippen LogP contribution in [0.25, 0.3) is 0 Å². The lowest BCUT2D eigenvalue weighted by Crippen LogP contribution is -2.63. The van der Waals surface area contributed by atoms with Gasteiger partial charge < -0.3 is 15.2 Å². The van der Waals surface area contributed by atoms with Crippen molar-refractivity contribution in [3.05, 3.63) is 0 Å². The first-order valence-corrected chi connectivity index (χ1v) is 5.42. The van der Waals surface area contributed by atoms with E-state index in [0.29, 0.717) is 19.8 Å². The number of hydrogen-bond acceptors (Lipinski definition) is 3. The molecule has 8 heteroatoms. The van der Waals surface area contributed by atoms with Crippen molar-refractivity contribution in [2.45, 2.75) is 44.0 Å². The Labute approximate surface area is 101 Å². The number of carbonyl (C=O) groups is 2. The van der Waals surface area contributed by atoms with Crippen LogP contribution in [0.4, 0.5) is 13.2 Å². The van der Waals surface area contributed by atoms with E-state index in [1.165, 1.54) is 5.32 Å². The Kier molecular flexibility index (Phi) is 4.20. The van der Waals surface area contributed by atoms with E-state index < -0.39 is 29.7 Å². The van der Waals surface area contributed by atoms with Crippen LogP contribution >= 0.6 is 0 Å². The van der Waals surface area contributed by atoms with Gasteiger partial charge >= 0.3 is 12.1 Å². The van der Waals surface area contributed by atoms with Crippen molar-refractivity contribution in [2.24, 2.45) is 0 Å². The molecule has 2 N–H and O–H groups in total. The molecule has 0 saturated carbocycles. The van der Waals surface area contributed by atoms with Crippen molar-refractivity contribution in [1.29, 1.82) is 0 Å². The van der Waals surface area contributed by atoms with Crippen molar-refractivity contribution >= 4 is 11.9 Å². The molecular formula is C10H14F3NO4. The number of carbonyl (C=O) groups excluding carboxylic acids is 1. The Morgan fingerprint density at radius 2 is 1.94 bits per heavy atom. The number of aliphatic carboxylic acids is 1. The predicted octanol–water partition coefficient (Wildman–Crippen LogP) is 1.08. The highest BCUT2D eigenvalue weighted by Gasteiger charge is 2.58. The molecule has 104 valence electrons. The van der Waals surface area contributed by atoms with Gasteiger partial charge in [0, 0.05) is 6.61 Å². The van der Waals surface area contributed by atoms with E-state index in [1.54, 1.807) is 0 Å². The van der Waals surface area contributed by atoms with E-state index in [4.69, 9.17) is 9.84 Å². The zero-order valence-corrected chi connectivity index (χ0v) is 9.71. The van der Waals surface area contributed by atoms with Gasteiger partial charge in [-0.1, -0.05) is 0 Å². The Hall–Kier alpha value is -1.31. The second-order valence-corrected chi connectivity index (χ2v) is 4.27. The van der Waals surface area contributed by atoms with Crippen molar-refractivity contribution in [2.75, 3.05) is 6.61 Å². The number of nitrogens with one attached hydrogen (secondary N) is 1. The molecule has 0 bridgehead atoms. The van der Waals surface area contributed by atoms with E-state index in [2.05, 4.69) is 0 Å². The van der Waals surface area contributed by atoms with Gasteiger partial charge in [-0.2, -0.15) is 13.2 Å². The number of amides is 1. The average molecular weight is 269 g/mol. The normalized spacial score (nSPS) is 24.1. The smallest absolute Gasteiger partial charge is 0.422 e. The van der Waals surface area contributed by atoms with Crippen molar-refractivity contribution in [1.82, 2.24) is 5.32 Å². The maximum atomic E-state index is 12.6. The molecule has 0 aliphatic carbocycles. The van der Waals surface area contributed by atoms with Crippen LogP contribution in [0.1, 0.15) is 26.2 Å². The van der Waals surface area contributed by atoms with Gasteiger partial charge in [-0.3, -0.25) is 4.79 Å². The number of halogens is 3. The van der Waals surface area contributed by atoms with Gasteiger partial charge in [-0.15, -0.1) is 0 Å². The molecule has 1 heterocycles. The molecule has 2 unspecified atom stereocenters. The molecule has 0 aromatic rings. The van der Waals surface area contributed by atoms with E-state index in [1.807, 2.05) is 0 Å². The first-order valence-electron chi connectivity index (χ1n) is 5.42. The number of ether oxygens (including phenoxy) is 1. The zero-order valence-electron chi connectivity index (χ0n) is 9.71. The topological polar surface area (TPSA) is 75.6 Å². The molecule has 1 fully saturated rings. The third kappa shape index (κ3) is 2.92. The summed E-state index contributed by atoms with van der Waals surface area (Å²) >= 11 is 0. The lowest BCUT2D eigenvalue weighted by Gasteiger charge is -2.31. The number of carboxylic acid groups (broad SMARTS) is 1. The van der Waals surface area contributed by atoms with E-state index in [-0.39, 0.29) is 6.61 Å². The van der Waals surface area contributed by atoms with Crippen LogP contribution in [0, 0.1) is 0 Å². The molecule has 1 aliphatic rings. The minimum absolute atomic E-state index is 0.286. The lowest BCUT2D eigenvalue weighted by atomic mass is 10.0. The Balaban J connectivity index is 2.78. The fourth-order valence-corrected chi connectivity index (χ4v) is 1.52. The van der Waals surface area contributed by atoms with Crippen LogP contribution in [0.15, 0.2) is 0 Å². The minimum Gasteiger partial charge on any atom is -0.479 e. The SMILES string of the molecule is CC(NC(=O)C1CCCCO1)(C(=O)O)C(F)(F)F. The van der Waals surface area contributed by atoms with Crippen LogP contribution in [0.5, 0.6) is 0 Å². The van der Waals surface area contributed by atoms with Gasteiger partial charge in [0.05, 0.1) is 0 Å². The van der Waals surface area contributed by atoms with Crippen LogP contribution in [0.3, 0.4) is 0 Å². The number of carboxylic acids is 1. The molecule has 0 aromatic heterocycles. The first kappa shape index (κ1) is 14.7. The monoisotopic (exact) mass is 269 g/mol. The minimum atomic E-state index is -5.08. The van der Waals surface area contributed by atoms with E-state index in [9.17, 15) is 22.8 Å². The fraction of sp³-hybridized carbons (Fsp3) is 0.800. The number of rotatable bonds is 3. The van der Waals surface area contributed by atoms with Crippen LogP contribution < -0.4 is 5.32 Å². The molecule has 18 heavy (non-hydrogen) atoms. The van der Waals surface area contributed by atoms with Crippen molar-refractivity contribution in [3.8, 4) is 0 Å². The average Bonchev–Trinajstić information content (AvgIpc) is 2.28. The summed E-state index contributed by atoms with van der Waals surface area (Å²) < 4.78 is 42.9. The second-order valence-electron chi connectivity index (χ2n) is 4.27. The van der Waals surface area contributed by atoms with Gasteiger partial charge in [-0.05, 0) is 26.2 Å². The number of hydrogen-bond donors (Lipinski definition) is 2. The van der Waals surface area contributed by atoms with Gasteiger partial charge in [0.2, 0.25) is 11.4 Å². The van der Waals surface area contributed by atoms with Gasteiger partial charge in [0.25, 0.3) is 0 Å². The molecule has 1 rings (SSSR count). The predicted molar refractivity (Wildman–Crippen MR) is 53.8 cm³/mol. The molecule has 1 amide bonds. The van der Waals surface area contributed by atoms with Crippen LogP contribution in [-0.2, 0) is 14.3 Å². The second kappa shape index (κ2) is 5.13. The van der Waals surface area contributed by atoms with Gasteiger partial charge in [0.15, 0.2) is 0 Å². The first-order chi connectivity index (χ1) is 8.18. The Morgan fingerprint density at radius 3 is 2.33 bits per heavy atom. The van der Waals surface area contributed by atoms with Gasteiger partial charge in [0.1, 0.15) is 6.10 Å². The summed E-state index contributed by atoms with van der Waals surface area (Å²) in [5, 5.41) is 10.2. The molecule has 5 nitrogen and oxygen atoms in total. The zero-order chi connectivity index (χ0) is 14.0. The summed E-state index contributed by atoms with van der Waals surface area (Å²) in [6.45, 7) is 0.698. The van der Waals surface area contributed by atoms with E-state index in [0.717, 1.165) is 6.42 Å². The largest absolute Gasteiger partial charge is 0.479 e. The quantitative estimate of drug-likeness (QED) is 0.803. The van der Waals surface area contributed by atoms with Crippen molar-refractivity contribution in [3.63, 3.8) is 0 Å². The standard InChI is InChI=1S/C10H14F3NO4/c1-9(8(16)17,10(11,12)13)14-7(15)6-4-2-3-5-18-6/h6H,2-5H2,1H3,(H,14,15)(H,16,17). The summed E-state index contributed by atoms with van der Waals surface area (Å²) in [5.74, 6) is -3.20. The molecule has 0 aromatic carbocycles. The maximum absolute atomic E-state index is 12.6. The highest BCUT2D eigenvalue weighted by Crippen LogP contribution is 2.30. The number of alkyl halides is 3. The summed E-state index contributed by atoms with van der Waals surface area (Å²) in [4.78, 5) is 22.3. The van der Waals surface area contributed by atoms with Gasteiger partial charge in [-0.25, -0.2) is 4.79 Å². The molecule has 0 spiro atoms. The summed E-state index contributed by atoms with van der Waals surface area (Å²) in [6, 6.07) is 0. The highest BCUT2D eigenvalue weighted by molar-refractivity contribution is 5.89. The molecule has 1 saturated heterocycles. The van der Waals surface area contributed by atoms with Crippen LogP contribution in [-0.4, -0.2) is 41.4 Å².